The second kappa shape index (κ2) is 39.8. The summed E-state index contributed by atoms with van der Waals surface area (Å²) < 4.78 is 8.88. The van der Waals surface area contributed by atoms with Crippen LogP contribution in [-0.4, -0.2) is 72.6 Å². The van der Waals surface area contributed by atoms with Gasteiger partial charge < -0.3 is 46.6 Å². The zero-order chi connectivity index (χ0) is 36.0. The van der Waals surface area contributed by atoms with E-state index in [-0.39, 0.29) is 13.2 Å². The van der Waals surface area contributed by atoms with E-state index in [0.717, 1.165) is 12.8 Å². The molecular formula is C36H77N2O8P. The van der Waals surface area contributed by atoms with Crippen LogP contribution < -0.4 is 11.5 Å². The second-order valence-corrected chi connectivity index (χ2v) is 13.7. The van der Waals surface area contributed by atoms with Gasteiger partial charge in [-0.2, -0.15) is 0 Å². The fourth-order valence-electron chi connectivity index (χ4n) is 4.83. The third-order valence-corrected chi connectivity index (χ3v) is 7.91. The fraction of sp³-hybridized carbons (Fsp3) is 0.889. The maximum atomic E-state index is 9.52. The first-order valence-electron chi connectivity index (χ1n) is 18.6. The molecule has 0 radical (unpaired) electrons. The van der Waals surface area contributed by atoms with Gasteiger partial charge in [0.1, 0.15) is 0 Å². The topological polar surface area (TPSA) is 211 Å². The molecule has 0 aromatic carbocycles. The van der Waals surface area contributed by atoms with Crippen molar-refractivity contribution in [3.8, 4) is 0 Å². The number of rotatable bonds is 30. The van der Waals surface area contributed by atoms with E-state index in [1.54, 1.807) is 12.2 Å². The molecule has 0 aliphatic heterocycles. The van der Waals surface area contributed by atoms with Crippen LogP contribution in [0.15, 0.2) is 24.3 Å². The van der Waals surface area contributed by atoms with Crippen LogP contribution in [0.3, 0.4) is 0 Å². The zero-order valence-corrected chi connectivity index (χ0v) is 31.0. The summed E-state index contributed by atoms with van der Waals surface area (Å²) in [5.41, 5.74) is 11.0. The molecule has 0 rings (SSSR count). The molecule has 0 fully saturated rings. The summed E-state index contributed by atoms with van der Waals surface area (Å²) in [5, 5.41) is 36.6. The van der Waals surface area contributed by atoms with Crippen molar-refractivity contribution < 1.29 is 39.7 Å². The molecule has 11 heteroatoms. The lowest BCUT2D eigenvalue weighted by molar-refractivity contribution is 0.143. The highest BCUT2D eigenvalue weighted by Crippen LogP contribution is 2.25. The van der Waals surface area contributed by atoms with Crippen LogP contribution in [0.1, 0.15) is 168 Å². The van der Waals surface area contributed by atoms with E-state index < -0.39 is 32.1 Å². The van der Waals surface area contributed by atoms with Crippen LogP contribution >= 0.6 is 7.82 Å². The van der Waals surface area contributed by atoms with Gasteiger partial charge in [-0.15, -0.1) is 0 Å². The van der Waals surface area contributed by atoms with E-state index in [0.29, 0.717) is 0 Å². The van der Waals surface area contributed by atoms with E-state index in [2.05, 4.69) is 13.8 Å². The Morgan fingerprint density at radius 3 is 0.915 bits per heavy atom. The summed E-state index contributed by atoms with van der Waals surface area (Å²) in [5.74, 6) is 0. The minimum atomic E-state index is -4.64. The minimum Gasteiger partial charge on any atom is -0.395 e. The summed E-state index contributed by atoms with van der Waals surface area (Å²) in [4.78, 5) is 21.6. The van der Waals surface area contributed by atoms with E-state index in [1.807, 2.05) is 12.2 Å². The Morgan fingerprint density at radius 1 is 0.489 bits per heavy atom. The third kappa shape index (κ3) is 49.8. The molecule has 0 aliphatic carbocycles. The highest BCUT2D eigenvalue weighted by atomic mass is 31.2. The van der Waals surface area contributed by atoms with E-state index in [4.69, 9.17) is 40.9 Å². The summed E-state index contributed by atoms with van der Waals surface area (Å²) >= 11 is 0. The van der Waals surface area contributed by atoms with Crippen LogP contribution in [0.2, 0.25) is 0 Å². The predicted molar refractivity (Wildman–Crippen MR) is 197 cm³/mol. The summed E-state index contributed by atoms with van der Waals surface area (Å²) in [6.07, 6.45) is 37.6. The number of allylic oxidation sites excluding steroid dienone is 2. The van der Waals surface area contributed by atoms with Crippen molar-refractivity contribution in [3.63, 3.8) is 0 Å². The third-order valence-electron chi connectivity index (χ3n) is 7.91. The highest BCUT2D eigenvalue weighted by Gasteiger charge is 2.09. The van der Waals surface area contributed by atoms with Gasteiger partial charge in [-0.25, -0.2) is 4.57 Å². The van der Waals surface area contributed by atoms with Gasteiger partial charge in [0.15, 0.2) is 0 Å². The van der Waals surface area contributed by atoms with Gasteiger partial charge in [0.25, 0.3) is 0 Å². The molecule has 0 spiro atoms. The quantitative estimate of drug-likeness (QED) is 0.0215. The van der Waals surface area contributed by atoms with E-state index in [1.165, 1.54) is 141 Å². The predicted octanol–water partition coefficient (Wildman–Crippen LogP) is 6.92. The monoisotopic (exact) mass is 697 g/mol. The van der Waals surface area contributed by atoms with Gasteiger partial charge >= 0.3 is 7.82 Å². The molecule has 0 aliphatic rings. The number of unbranched alkanes of at least 4 members (excludes halogenated alkanes) is 22. The fourth-order valence-corrected chi connectivity index (χ4v) is 4.83. The van der Waals surface area contributed by atoms with Crippen LogP contribution in [0, 0.1) is 0 Å². The summed E-state index contributed by atoms with van der Waals surface area (Å²) in [7, 11) is -4.64. The molecule has 284 valence electrons. The Bertz CT molecular complexity index is 652. The zero-order valence-electron chi connectivity index (χ0n) is 30.1. The van der Waals surface area contributed by atoms with Crippen molar-refractivity contribution >= 4 is 7.82 Å². The number of hydrogen-bond donors (Lipinski definition) is 9. The molecule has 0 unspecified atom stereocenters. The average Bonchev–Trinajstić information content (AvgIpc) is 3.03. The Morgan fingerprint density at radius 2 is 0.702 bits per heavy atom. The normalized spacial score (nSPS) is 14.4. The Labute approximate surface area is 288 Å². The molecule has 47 heavy (non-hydrogen) atoms. The van der Waals surface area contributed by atoms with E-state index in [9.17, 15) is 10.2 Å². The summed E-state index contributed by atoms with van der Waals surface area (Å²) in [6.45, 7) is 4.17. The standard InChI is InChI=1S/2C18H37NO2.H3O4P/c2*1-2-3-4-5-6-7-8-9-10-11-12-13-14-15-18(21)17(19)16-20;1-5(2,3)4/h2*14-15,17-18,20-21H,2-13,16,19H2,1H3;(H3,1,2,3,4)/b2*15-14+;/t2*17-,18+;/m00./s1. The highest BCUT2D eigenvalue weighted by molar-refractivity contribution is 7.45. The lowest BCUT2D eigenvalue weighted by Crippen LogP contribution is -2.36. The van der Waals surface area contributed by atoms with Crippen molar-refractivity contribution in [2.45, 2.75) is 192 Å². The Hall–Kier alpha value is -0.650. The molecule has 0 bridgehead atoms. The van der Waals surface area contributed by atoms with Crippen LogP contribution in [0.25, 0.3) is 0 Å². The SMILES string of the molecule is CCCCCCCCCCCCC/C=C/[C@@H](O)[C@@H](N)CO.CCCCCCCCCCCCC/C=C/[C@@H](O)[C@@H](N)CO.O=P(O)(O)O. The van der Waals surface area contributed by atoms with Crippen molar-refractivity contribution in [2.24, 2.45) is 11.5 Å². The number of aliphatic hydroxyl groups excluding tert-OH is 4. The van der Waals surface area contributed by atoms with Gasteiger partial charge in [0.05, 0.1) is 37.5 Å². The molecule has 11 N–H and O–H groups in total. The molecule has 10 nitrogen and oxygen atoms in total. The van der Waals surface area contributed by atoms with Crippen molar-refractivity contribution in [1.29, 1.82) is 0 Å². The van der Waals surface area contributed by atoms with Gasteiger partial charge in [-0.3, -0.25) is 0 Å². The molecule has 0 aromatic heterocycles. The van der Waals surface area contributed by atoms with Crippen LogP contribution in [0.5, 0.6) is 0 Å². The second-order valence-electron chi connectivity index (χ2n) is 12.7. The van der Waals surface area contributed by atoms with E-state index >= 15 is 0 Å². The van der Waals surface area contributed by atoms with Crippen LogP contribution in [0.4, 0.5) is 0 Å². The number of hydrogen-bond acceptors (Lipinski definition) is 7. The maximum absolute atomic E-state index is 9.52. The van der Waals surface area contributed by atoms with Gasteiger partial charge in [0, 0.05) is 0 Å². The first-order valence-corrected chi connectivity index (χ1v) is 20.2. The average molecular weight is 697 g/mol. The van der Waals surface area contributed by atoms with Crippen molar-refractivity contribution in [2.75, 3.05) is 13.2 Å². The first kappa shape index (κ1) is 50.7. The lowest BCUT2D eigenvalue weighted by atomic mass is 10.0. The molecule has 0 heterocycles. The van der Waals surface area contributed by atoms with Gasteiger partial charge in [0.2, 0.25) is 0 Å². The number of phosphoric acid groups is 1. The van der Waals surface area contributed by atoms with Crippen LogP contribution in [-0.2, 0) is 4.57 Å². The lowest BCUT2D eigenvalue weighted by Gasteiger charge is -2.11. The number of aliphatic hydroxyl groups is 4. The first-order chi connectivity index (χ1) is 22.4. The van der Waals surface area contributed by atoms with Crippen molar-refractivity contribution in [3.05, 3.63) is 24.3 Å². The molecule has 0 aromatic rings. The molecule has 0 saturated heterocycles. The molecule has 0 amide bonds. The molecular weight excluding hydrogens is 619 g/mol. The number of nitrogens with two attached hydrogens (primary N) is 2. The molecule has 0 saturated carbocycles. The summed E-state index contributed by atoms with van der Waals surface area (Å²) in [6, 6.07) is -1.11. The molecule has 4 atom stereocenters. The largest absolute Gasteiger partial charge is 0.466 e. The maximum Gasteiger partial charge on any atom is 0.466 e. The van der Waals surface area contributed by atoms with Crippen molar-refractivity contribution in [1.82, 2.24) is 0 Å². The Kier molecular flexibility index (Phi) is 42.9. The van der Waals surface area contributed by atoms with Gasteiger partial charge in [-0.1, -0.05) is 167 Å². The Balaban J connectivity index is -0.000000719. The minimum absolute atomic E-state index is 0.177. The smallest absolute Gasteiger partial charge is 0.395 e. The van der Waals surface area contributed by atoms with Gasteiger partial charge in [-0.05, 0) is 25.7 Å².